The standard InChI is InChI=1S/C17H19ClN6S/c18-16-7-6-15(25-16)12-22-8-10-23(11-9-22)13-17-19-20-21-24(17)14-4-2-1-3-5-14/h1-7H,8-13H2. The average molecular weight is 375 g/mol. The summed E-state index contributed by atoms with van der Waals surface area (Å²) < 4.78 is 2.68. The van der Waals surface area contributed by atoms with Crippen molar-refractivity contribution in [2.75, 3.05) is 26.2 Å². The van der Waals surface area contributed by atoms with Gasteiger partial charge in [-0.25, -0.2) is 0 Å². The average Bonchev–Trinajstić information content (AvgIpc) is 3.26. The van der Waals surface area contributed by atoms with Crippen molar-refractivity contribution >= 4 is 22.9 Å². The fourth-order valence-corrected chi connectivity index (χ4v) is 4.17. The van der Waals surface area contributed by atoms with E-state index < -0.39 is 0 Å². The van der Waals surface area contributed by atoms with Gasteiger partial charge in [-0.05, 0) is 34.7 Å². The summed E-state index contributed by atoms with van der Waals surface area (Å²) in [5.74, 6) is 0.879. The van der Waals surface area contributed by atoms with Crippen LogP contribution in [0.4, 0.5) is 0 Å². The molecule has 4 rings (SSSR count). The van der Waals surface area contributed by atoms with Crippen LogP contribution in [0, 0.1) is 0 Å². The van der Waals surface area contributed by atoms with Gasteiger partial charge in [0.25, 0.3) is 0 Å². The number of thiophene rings is 1. The van der Waals surface area contributed by atoms with Gasteiger partial charge in [-0.2, -0.15) is 4.68 Å². The molecule has 1 aliphatic heterocycles. The summed E-state index contributed by atoms with van der Waals surface area (Å²) >= 11 is 7.68. The molecule has 0 saturated carbocycles. The van der Waals surface area contributed by atoms with Crippen LogP contribution < -0.4 is 0 Å². The number of rotatable bonds is 5. The minimum Gasteiger partial charge on any atom is -0.296 e. The van der Waals surface area contributed by atoms with E-state index >= 15 is 0 Å². The van der Waals surface area contributed by atoms with Gasteiger partial charge in [-0.3, -0.25) is 9.80 Å². The van der Waals surface area contributed by atoms with Crippen molar-refractivity contribution in [1.29, 1.82) is 0 Å². The third-order valence-corrected chi connectivity index (χ3v) is 5.59. The highest BCUT2D eigenvalue weighted by molar-refractivity contribution is 7.16. The van der Waals surface area contributed by atoms with Gasteiger partial charge in [-0.1, -0.05) is 29.8 Å². The second-order valence-corrected chi connectivity index (χ2v) is 7.90. The van der Waals surface area contributed by atoms with Gasteiger partial charge < -0.3 is 0 Å². The summed E-state index contributed by atoms with van der Waals surface area (Å²) in [7, 11) is 0. The van der Waals surface area contributed by atoms with E-state index in [4.69, 9.17) is 11.6 Å². The number of hydrogen-bond donors (Lipinski definition) is 0. The number of halogens is 1. The fraction of sp³-hybridized carbons (Fsp3) is 0.353. The maximum Gasteiger partial charge on any atom is 0.170 e. The third-order valence-electron chi connectivity index (χ3n) is 4.37. The number of tetrazole rings is 1. The minimum atomic E-state index is 0.764. The Balaban J connectivity index is 1.34. The third kappa shape index (κ3) is 4.07. The normalized spacial score (nSPS) is 16.4. The molecule has 1 aliphatic rings. The quantitative estimate of drug-likeness (QED) is 0.687. The van der Waals surface area contributed by atoms with Crippen molar-refractivity contribution in [1.82, 2.24) is 30.0 Å². The largest absolute Gasteiger partial charge is 0.296 e. The van der Waals surface area contributed by atoms with Crippen LogP contribution >= 0.6 is 22.9 Å². The molecule has 3 aromatic rings. The zero-order valence-corrected chi connectivity index (χ0v) is 15.3. The molecule has 0 bridgehead atoms. The van der Waals surface area contributed by atoms with Gasteiger partial charge in [-0.15, -0.1) is 16.4 Å². The Morgan fingerprint density at radius 1 is 0.920 bits per heavy atom. The number of aromatic nitrogens is 4. The van der Waals surface area contributed by atoms with Gasteiger partial charge in [0.05, 0.1) is 16.6 Å². The highest BCUT2D eigenvalue weighted by Crippen LogP contribution is 2.23. The van der Waals surface area contributed by atoms with Gasteiger partial charge >= 0.3 is 0 Å². The molecule has 1 saturated heterocycles. The molecule has 130 valence electrons. The topological polar surface area (TPSA) is 50.1 Å². The summed E-state index contributed by atoms with van der Waals surface area (Å²) in [6.07, 6.45) is 0. The van der Waals surface area contributed by atoms with Gasteiger partial charge in [0, 0.05) is 37.6 Å². The first-order valence-corrected chi connectivity index (χ1v) is 9.49. The number of piperazine rings is 1. The predicted molar refractivity (Wildman–Crippen MR) is 99.0 cm³/mol. The smallest absolute Gasteiger partial charge is 0.170 e. The van der Waals surface area contributed by atoms with E-state index in [-0.39, 0.29) is 0 Å². The SMILES string of the molecule is Clc1ccc(CN2CCN(Cc3nnnn3-c3ccccc3)CC2)s1. The van der Waals surface area contributed by atoms with Crippen LogP contribution in [0.3, 0.4) is 0 Å². The Kier molecular flexibility index (Phi) is 5.07. The van der Waals surface area contributed by atoms with Crippen molar-refractivity contribution in [3.8, 4) is 5.69 Å². The lowest BCUT2D eigenvalue weighted by molar-refractivity contribution is 0.120. The van der Waals surface area contributed by atoms with Crippen molar-refractivity contribution < 1.29 is 0 Å². The highest BCUT2D eigenvalue weighted by Gasteiger charge is 2.20. The molecule has 25 heavy (non-hydrogen) atoms. The summed E-state index contributed by atoms with van der Waals surface area (Å²) in [6, 6.07) is 14.1. The summed E-state index contributed by atoms with van der Waals surface area (Å²) in [4.78, 5) is 6.20. The van der Waals surface area contributed by atoms with E-state index in [0.717, 1.165) is 55.1 Å². The highest BCUT2D eigenvalue weighted by atomic mass is 35.5. The molecule has 0 aliphatic carbocycles. The number of para-hydroxylation sites is 1. The molecular weight excluding hydrogens is 356 g/mol. The lowest BCUT2D eigenvalue weighted by atomic mass is 10.3. The molecule has 8 heteroatoms. The van der Waals surface area contributed by atoms with E-state index in [1.807, 2.05) is 41.1 Å². The Morgan fingerprint density at radius 3 is 2.32 bits per heavy atom. The van der Waals surface area contributed by atoms with Crippen LogP contribution in [0.5, 0.6) is 0 Å². The Hall–Kier alpha value is -1.80. The Morgan fingerprint density at radius 2 is 1.64 bits per heavy atom. The van der Waals surface area contributed by atoms with Crippen LogP contribution in [0.15, 0.2) is 42.5 Å². The first-order chi connectivity index (χ1) is 12.3. The van der Waals surface area contributed by atoms with Crippen LogP contribution in [-0.4, -0.2) is 56.2 Å². The first kappa shape index (κ1) is 16.7. The van der Waals surface area contributed by atoms with Gasteiger partial charge in [0.1, 0.15) is 0 Å². The second-order valence-electron chi connectivity index (χ2n) is 6.10. The molecule has 6 nitrogen and oxygen atoms in total. The molecular formula is C17H19ClN6S. The number of benzene rings is 1. The molecule has 0 atom stereocenters. The number of hydrogen-bond acceptors (Lipinski definition) is 6. The molecule has 0 spiro atoms. The molecule has 1 fully saturated rings. The zero-order valence-electron chi connectivity index (χ0n) is 13.8. The molecule has 0 unspecified atom stereocenters. The van der Waals surface area contributed by atoms with Crippen molar-refractivity contribution in [2.45, 2.75) is 13.1 Å². The number of nitrogens with zero attached hydrogens (tertiary/aromatic N) is 6. The van der Waals surface area contributed by atoms with Gasteiger partial charge in [0.15, 0.2) is 5.82 Å². The summed E-state index contributed by atoms with van der Waals surface area (Å²) in [5, 5.41) is 12.2. The molecule has 0 amide bonds. The van der Waals surface area contributed by atoms with Crippen molar-refractivity contribution in [3.63, 3.8) is 0 Å². The maximum absolute atomic E-state index is 6.02. The van der Waals surface area contributed by atoms with E-state index in [1.165, 1.54) is 4.88 Å². The summed E-state index contributed by atoms with van der Waals surface area (Å²) in [6.45, 7) is 5.86. The second kappa shape index (κ2) is 7.61. The molecule has 2 aromatic heterocycles. The van der Waals surface area contributed by atoms with Crippen LogP contribution in [0.2, 0.25) is 4.34 Å². The molecule has 1 aromatic carbocycles. The predicted octanol–water partition coefficient (Wildman–Crippen LogP) is 2.70. The lowest BCUT2D eigenvalue weighted by Crippen LogP contribution is -2.45. The monoisotopic (exact) mass is 374 g/mol. The van der Waals surface area contributed by atoms with Crippen LogP contribution in [0.25, 0.3) is 5.69 Å². The van der Waals surface area contributed by atoms with Crippen LogP contribution in [-0.2, 0) is 13.1 Å². The lowest BCUT2D eigenvalue weighted by Gasteiger charge is -2.34. The Labute approximate surface area is 155 Å². The summed E-state index contributed by atoms with van der Waals surface area (Å²) in [5.41, 5.74) is 0.996. The Bertz CT molecular complexity index is 809. The van der Waals surface area contributed by atoms with E-state index in [9.17, 15) is 0 Å². The fourth-order valence-electron chi connectivity index (χ4n) is 3.04. The minimum absolute atomic E-state index is 0.764. The molecule has 3 heterocycles. The molecule has 0 N–H and O–H groups in total. The van der Waals surface area contributed by atoms with Crippen molar-refractivity contribution in [2.24, 2.45) is 0 Å². The van der Waals surface area contributed by atoms with E-state index in [0.29, 0.717) is 0 Å². The van der Waals surface area contributed by atoms with E-state index in [1.54, 1.807) is 11.3 Å². The van der Waals surface area contributed by atoms with Crippen molar-refractivity contribution in [3.05, 3.63) is 57.5 Å². The maximum atomic E-state index is 6.02. The molecule has 0 radical (unpaired) electrons. The first-order valence-electron chi connectivity index (χ1n) is 8.29. The van der Waals surface area contributed by atoms with E-state index in [2.05, 4.69) is 31.4 Å². The van der Waals surface area contributed by atoms with Crippen LogP contribution in [0.1, 0.15) is 10.7 Å². The zero-order chi connectivity index (χ0) is 17.1. The van der Waals surface area contributed by atoms with Gasteiger partial charge in [0.2, 0.25) is 0 Å².